The quantitative estimate of drug-likeness (QED) is 0.689. The van der Waals surface area contributed by atoms with E-state index in [1.165, 1.54) is 22.5 Å². The molecule has 1 aliphatic rings. The molecule has 0 aromatic heterocycles. The molecule has 0 saturated heterocycles. The van der Waals surface area contributed by atoms with E-state index in [9.17, 15) is 18.0 Å². The van der Waals surface area contributed by atoms with Crippen molar-refractivity contribution in [2.45, 2.75) is 31.6 Å². The third-order valence-electron chi connectivity index (χ3n) is 3.81. The van der Waals surface area contributed by atoms with Crippen LogP contribution < -0.4 is 5.32 Å². The van der Waals surface area contributed by atoms with Crippen LogP contribution >= 0.6 is 11.6 Å². The number of amides is 1. The Morgan fingerprint density at radius 2 is 1.92 bits per heavy atom. The maximum Gasteiger partial charge on any atom is 0.309 e. The number of benzene rings is 1. The monoisotopic (exact) mass is 388 g/mol. The minimum Gasteiger partial charge on any atom is -0.455 e. The summed E-state index contributed by atoms with van der Waals surface area (Å²) in [7, 11) is -3.67. The first-order chi connectivity index (χ1) is 11.8. The zero-order valence-electron chi connectivity index (χ0n) is 14.1. The standard InChI is InChI=1S/C16H21ClN2O5S/c1-3-19(4-2)25(22,23)12-7-8-13(17)14(9-12)18-15(20)10-24-16(21)11-5-6-11/h7-9,11H,3-6,10H2,1-2H3,(H,18,20). The molecule has 138 valence electrons. The number of nitrogens with one attached hydrogen (secondary N) is 1. The van der Waals surface area contributed by atoms with Crippen LogP contribution in [0.4, 0.5) is 5.69 Å². The van der Waals surface area contributed by atoms with Crippen LogP contribution in [0.5, 0.6) is 0 Å². The Balaban J connectivity index is 2.10. The zero-order valence-corrected chi connectivity index (χ0v) is 15.7. The predicted octanol–water partition coefficient (Wildman–Crippen LogP) is 2.26. The fourth-order valence-electron chi connectivity index (χ4n) is 2.23. The average Bonchev–Trinajstić information content (AvgIpc) is 3.40. The molecule has 0 heterocycles. The van der Waals surface area contributed by atoms with Crippen LogP contribution in [0, 0.1) is 5.92 Å². The van der Waals surface area contributed by atoms with Crippen molar-refractivity contribution in [2.75, 3.05) is 25.0 Å². The lowest BCUT2D eigenvalue weighted by Gasteiger charge is -2.19. The maximum atomic E-state index is 12.5. The van der Waals surface area contributed by atoms with Crippen molar-refractivity contribution in [1.82, 2.24) is 4.31 Å². The van der Waals surface area contributed by atoms with Crippen LogP contribution in [0.2, 0.25) is 5.02 Å². The number of anilines is 1. The van der Waals surface area contributed by atoms with Gasteiger partial charge in [0.1, 0.15) is 0 Å². The number of sulfonamides is 1. The molecule has 1 aliphatic carbocycles. The van der Waals surface area contributed by atoms with Crippen LogP contribution in [0.15, 0.2) is 23.1 Å². The van der Waals surface area contributed by atoms with Gasteiger partial charge in [-0.25, -0.2) is 8.42 Å². The van der Waals surface area contributed by atoms with E-state index in [1.807, 2.05) is 0 Å². The van der Waals surface area contributed by atoms with Crippen LogP contribution in [0.25, 0.3) is 0 Å². The molecular formula is C16H21ClN2O5S. The Labute approximate surface area is 152 Å². The maximum absolute atomic E-state index is 12.5. The first-order valence-electron chi connectivity index (χ1n) is 8.05. The Kier molecular flexibility index (Phi) is 6.42. The topological polar surface area (TPSA) is 92.8 Å². The Morgan fingerprint density at radius 1 is 1.28 bits per heavy atom. The third-order valence-corrected chi connectivity index (χ3v) is 6.19. The molecule has 0 aliphatic heterocycles. The van der Waals surface area contributed by atoms with E-state index in [0.29, 0.717) is 13.1 Å². The van der Waals surface area contributed by atoms with Gasteiger partial charge in [-0.05, 0) is 31.0 Å². The van der Waals surface area contributed by atoms with E-state index in [4.69, 9.17) is 16.3 Å². The fraction of sp³-hybridized carbons (Fsp3) is 0.500. The van der Waals surface area contributed by atoms with Gasteiger partial charge in [-0.2, -0.15) is 4.31 Å². The van der Waals surface area contributed by atoms with Crippen molar-refractivity contribution in [3.63, 3.8) is 0 Å². The molecule has 7 nitrogen and oxygen atoms in total. The van der Waals surface area contributed by atoms with Gasteiger partial charge in [0.2, 0.25) is 10.0 Å². The molecule has 0 radical (unpaired) electrons. The van der Waals surface area contributed by atoms with Crippen LogP contribution in [0.1, 0.15) is 26.7 Å². The Morgan fingerprint density at radius 3 is 2.48 bits per heavy atom. The SMILES string of the molecule is CCN(CC)S(=O)(=O)c1ccc(Cl)c(NC(=O)COC(=O)C2CC2)c1. The van der Waals surface area contributed by atoms with Gasteiger partial charge in [-0.1, -0.05) is 25.4 Å². The summed E-state index contributed by atoms with van der Waals surface area (Å²) in [5.41, 5.74) is 0.155. The number of rotatable bonds is 8. The van der Waals surface area contributed by atoms with Gasteiger partial charge in [-0.15, -0.1) is 0 Å². The molecule has 0 spiro atoms. The van der Waals surface area contributed by atoms with E-state index >= 15 is 0 Å². The number of halogens is 1. The first-order valence-corrected chi connectivity index (χ1v) is 9.87. The second-order valence-corrected chi connectivity index (χ2v) is 8.01. The molecule has 1 N–H and O–H groups in total. The summed E-state index contributed by atoms with van der Waals surface area (Å²) < 4.78 is 31.3. The van der Waals surface area contributed by atoms with Gasteiger partial charge in [0.25, 0.3) is 5.91 Å². The summed E-state index contributed by atoms with van der Waals surface area (Å²) in [6.07, 6.45) is 1.58. The van der Waals surface area contributed by atoms with Crippen LogP contribution in [-0.2, 0) is 24.3 Å². The molecule has 1 aromatic rings. The number of esters is 1. The molecule has 25 heavy (non-hydrogen) atoms. The summed E-state index contributed by atoms with van der Waals surface area (Å²) in [4.78, 5) is 23.4. The van der Waals surface area contributed by atoms with Crippen molar-refractivity contribution in [2.24, 2.45) is 5.92 Å². The normalized spacial score (nSPS) is 14.4. The zero-order chi connectivity index (χ0) is 18.6. The lowest BCUT2D eigenvalue weighted by molar-refractivity contribution is -0.148. The van der Waals surface area contributed by atoms with Gasteiger partial charge in [0.05, 0.1) is 21.5 Å². The third kappa shape index (κ3) is 4.93. The molecule has 1 aromatic carbocycles. The molecule has 0 bridgehead atoms. The van der Waals surface area contributed by atoms with Crippen molar-refractivity contribution in [3.8, 4) is 0 Å². The molecule has 2 rings (SSSR count). The smallest absolute Gasteiger partial charge is 0.309 e. The number of carbonyl (C=O) groups excluding carboxylic acids is 2. The van der Waals surface area contributed by atoms with Gasteiger partial charge in [-0.3, -0.25) is 9.59 Å². The Hall–Kier alpha value is -1.64. The number of carbonyl (C=O) groups is 2. The number of hydrogen-bond acceptors (Lipinski definition) is 5. The van der Waals surface area contributed by atoms with Crippen molar-refractivity contribution < 1.29 is 22.7 Å². The van der Waals surface area contributed by atoms with Crippen LogP contribution in [-0.4, -0.2) is 44.3 Å². The van der Waals surface area contributed by atoms with E-state index in [1.54, 1.807) is 13.8 Å². The molecule has 0 unspecified atom stereocenters. The predicted molar refractivity (Wildman–Crippen MR) is 93.9 cm³/mol. The second kappa shape index (κ2) is 8.16. The Bertz CT molecular complexity index is 758. The summed E-state index contributed by atoms with van der Waals surface area (Å²) in [5, 5.41) is 2.68. The summed E-state index contributed by atoms with van der Waals surface area (Å²) >= 11 is 6.03. The number of hydrogen-bond donors (Lipinski definition) is 1. The molecule has 0 atom stereocenters. The van der Waals surface area contributed by atoms with Gasteiger partial charge in [0, 0.05) is 13.1 Å². The van der Waals surface area contributed by atoms with Gasteiger partial charge in [0.15, 0.2) is 6.61 Å². The summed E-state index contributed by atoms with van der Waals surface area (Å²) in [6, 6.07) is 4.10. The highest BCUT2D eigenvalue weighted by atomic mass is 35.5. The minimum absolute atomic E-state index is 0.0332. The fourth-order valence-corrected chi connectivity index (χ4v) is 3.88. The lowest BCUT2D eigenvalue weighted by atomic mass is 10.3. The average molecular weight is 389 g/mol. The number of nitrogens with zero attached hydrogens (tertiary/aromatic N) is 1. The van der Waals surface area contributed by atoms with E-state index in [2.05, 4.69) is 5.32 Å². The van der Waals surface area contributed by atoms with Crippen molar-refractivity contribution in [3.05, 3.63) is 23.2 Å². The molecule has 1 fully saturated rings. The summed E-state index contributed by atoms with van der Waals surface area (Å²) in [6.45, 7) is 3.72. The summed E-state index contributed by atoms with van der Waals surface area (Å²) in [5.74, 6) is -1.06. The van der Waals surface area contributed by atoms with E-state index in [0.717, 1.165) is 12.8 Å². The van der Waals surface area contributed by atoms with Gasteiger partial charge >= 0.3 is 5.97 Å². The van der Waals surface area contributed by atoms with E-state index in [-0.39, 0.29) is 27.5 Å². The molecular weight excluding hydrogens is 368 g/mol. The highest BCUT2D eigenvalue weighted by Gasteiger charge is 2.31. The highest BCUT2D eigenvalue weighted by Crippen LogP contribution is 2.30. The van der Waals surface area contributed by atoms with Crippen molar-refractivity contribution >= 4 is 39.2 Å². The first kappa shape index (κ1) is 19.7. The highest BCUT2D eigenvalue weighted by molar-refractivity contribution is 7.89. The van der Waals surface area contributed by atoms with Crippen molar-refractivity contribution in [1.29, 1.82) is 0 Å². The number of ether oxygens (including phenoxy) is 1. The minimum atomic E-state index is -3.67. The molecule has 1 saturated carbocycles. The van der Waals surface area contributed by atoms with Crippen LogP contribution in [0.3, 0.4) is 0 Å². The lowest BCUT2D eigenvalue weighted by Crippen LogP contribution is -2.30. The molecule has 9 heteroatoms. The second-order valence-electron chi connectivity index (χ2n) is 5.66. The van der Waals surface area contributed by atoms with Gasteiger partial charge < -0.3 is 10.1 Å². The molecule has 1 amide bonds. The van der Waals surface area contributed by atoms with E-state index < -0.39 is 22.5 Å². The largest absolute Gasteiger partial charge is 0.455 e.